The van der Waals surface area contributed by atoms with E-state index in [9.17, 15) is 0 Å². The van der Waals surface area contributed by atoms with Crippen molar-refractivity contribution in [2.45, 2.75) is 13.3 Å². The Morgan fingerprint density at radius 2 is 1.89 bits per heavy atom. The van der Waals surface area contributed by atoms with Gasteiger partial charge in [-0.2, -0.15) is 0 Å². The normalized spacial score (nSPS) is 11.2. The van der Waals surface area contributed by atoms with Crippen molar-refractivity contribution < 1.29 is 0 Å². The third-order valence-electron chi connectivity index (χ3n) is 2.73. The summed E-state index contributed by atoms with van der Waals surface area (Å²) in [7, 11) is 0. The molecule has 2 aromatic carbocycles. The van der Waals surface area contributed by atoms with E-state index in [1.165, 1.54) is 5.56 Å². The van der Waals surface area contributed by atoms with Crippen molar-refractivity contribution in [3.63, 3.8) is 0 Å². The summed E-state index contributed by atoms with van der Waals surface area (Å²) in [5, 5.41) is 3.17. The largest absolute Gasteiger partial charge is 0.325 e. The Labute approximate surface area is 113 Å². The van der Waals surface area contributed by atoms with Crippen molar-refractivity contribution in [1.29, 1.82) is 0 Å². The number of nitrogens with one attached hydrogen (secondary N) is 2. The molecule has 19 heavy (non-hydrogen) atoms. The highest BCUT2D eigenvalue weighted by atomic mass is 15.3. The quantitative estimate of drug-likeness (QED) is 0.341. The smallest absolute Gasteiger partial charge is 0.215 e. The molecule has 0 atom stereocenters. The number of hydrazine groups is 1. The van der Waals surface area contributed by atoms with Crippen LogP contribution in [0.15, 0.2) is 59.6 Å². The molecule has 0 bridgehead atoms. The molecule has 4 N–H and O–H groups in total. The summed E-state index contributed by atoms with van der Waals surface area (Å²) in [5.41, 5.74) is 5.65. The molecule has 98 valence electrons. The van der Waals surface area contributed by atoms with Crippen LogP contribution in [0.4, 0.5) is 11.4 Å². The number of guanidine groups is 1. The van der Waals surface area contributed by atoms with Crippen LogP contribution in [0.1, 0.15) is 12.5 Å². The van der Waals surface area contributed by atoms with Crippen molar-refractivity contribution in [3.8, 4) is 0 Å². The van der Waals surface area contributed by atoms with Gasteiger partial charge in [0.25, 0.3) is 0 Å². The second-order valence-electron chi connectivity index (χ2n) is 4.12. The Kier molecular flexibility index (Phi) is 4.53. The summed E-state index contributed by atoms with van der Waals surface area (Å²) in [6.07, 6.45) is 0.997. The molecule has 0 fully saturated rings. The van der Waals surface area contributed by atoms with Gasteiger partial charge in [0, 0.05) is 5.69 Å². The molecule has 2 aromatic rings. The van der Waals surface area contributed by atoms with Crippen LogP contribution in [-0.2, 0) is 6.42 Å². The van der Waals surface area contributed by atoms with E-state index >= 15 is 0 Å². The van der Waals surface area contributed by atoms with E-state index in [-0.39, 0.29) is 0 Å². The number of nitrogens with two attached hydrogens (primary N) is 1. The fraction of sp³-hybridized carbons (Fsp3) is 0.133. The number of anilines is 1. The average molecular weight is 254 g/mol. The predicted octanol–water partition coefficient (Wildman–Crippen LogP) is 2.81. The Morgan fingerprint density at radius 1 is 1.11 bits per heavy atom. The zero-order valence-electron chi connectivity index (χ0n) is 10.9. The third-order valence-corrected chi connectivity index (χ3v) is 2.73. The van der Waals surface area contributed by atoms with Gasteiger partial charge in [0.1, 0.15) is 0 Å². The number of benzene rings is 2. The molecule has 2 rings (SSSR count). The first-order valence-corrected chi connectivity index (χ1v) is 6.28. The van der Waals surface area contributed by atoms with Gasteiger partial charge in [-0.25, -0.2) is 10.8 Å². The van der Waals surface area contributed by atoms with Crippen LogP contribution in [0.2, 0.25) is 0 Å². The zero-order chi connectivity index (χ0) is 13.5. The number of hydrogen-bond acceptors (Lipinski definition) is 2. The molecule has 4 nitrogen and oxygen atoms in total. The van der Waals surface area contributed by atoms with Crippen LogP contribution < -0.4 is 16.6 Å². The van der Waals surface area contributed by atoms with Crippen LogP contribution in [0, 0.1) is 0 Å². The molecule has 0 aromatic heterocycles. The van der Waals surface area contributed by atoms with E-state index in [1.54, 1.807) is 0 Å². The lowest BCUT2D eigenvalue weighted by Crippen LogP contribution is -2.36. The van der Waals surface area contributed by atoms with Crippen molar-refractivity contribution >= 4 is 17.3 Å². The van der Waals surface area contributed by atoms with Gasteiger partial charge >= 0.3 is 0 Å². The van der Waals surface area contributed by atoms with Crippen molar-refractivity contribution in [1.82, 2.24) is 5.43 Å². The number of nitrogens with zero attached hydrogens (tertiary/aromatic N) is 1. The molecule has 0 unspecified atom stereocenters. The molecule has 0 amide bonds. The lowest BCUT2D eigenvalue weighted by atomic mass is 10.1. The van der Waals surface area contributed by atoms with Gasteiger partial charge in [-0.3, -0.25) is 5.43 Å². The van der Waals surface area contributed by atoms with Gasteiger partial charge in [0.05, 0.1) is 5.69 Å². The third kappa shape index (κ3) is 3.82. The van der Waals surface area contributed by atoms with E-state index in [1.807, 2.05) is 42.5 Å². The number of aryl methyl sites for hydroxylation is 1. The van der Waals surface area contributed by atoms with Crippen molar-refractivity contribution in [2.75, 3.05) is 5.32 Å². The topological polar surface area (TPSA) is 62.4 Å². The van der Waals surface area contributed by atoms with Crippen LogP contribution in [0.5, 0.6) is 0 Å². The molecule has 4 heteroatoms. The van der Waals surface area contributed by atoms with E-state index in [0.29, 0.717) is 5.96 Å². The van der Waals surface area contributed by atoms with Gasteiger partial charge in [-0.1, -0.05) is 37.3 Å². The van der Waals surface area contributed by atoms with Crippen LogP contribution >= 0.6 is 0 Å². The van der Waals surface area contributed by atoms with E-state index in [0.717, 1.165) is 17.8 Å². The van der Waals surface area contributed by atoms with Gasteiger partial charge in [-0.15, -0.1) is 0 Å². The highest BCUT2D eigenvalue weighted by Crippen LogP contribution is 2.13. The second kappa shape index (κ2) is 6.56. The molecule has 0 saturated carbocycles. The first kappa shape index (κ1) is 13.1. The first-order valence-electron chi connectivity index (χ1n) is 6.28. The summed E-state index contributed by atoms with van der Waals surface area (Å²) in [6, 6.07) is 17.8. The van der Waals surface area contributed by atoms with E-state index < -0.39 is 0 Å². The maximum Gasteiger partial charge on any atom is 0.215 e. The van der Waals surface area contributed by atoms with Gasteiger partial charge < -0.3 is 5.32 Å². The highest BCUT2D eigenvalue weighted by Gasteiger charge is 1.99. The molecule has 0 heterocycles. The summed E-state index contributed by atoms with van der Waals surface area (Å²) >= 11 is 0. The highest BCUT2D eigenvalue weighted by molar-refractivity contribution is 5.94. The van der Waals surface area contributed by atoms with E-state index in [4.69, 9.17) is 5.84 Å². The van der Waals surface area contributed by atoms with Gasteiger partial charge in [-0.05, 0) is 36.2 Å². The molecule has 0 radical (unpaired) electrons. The Hall–Kier alpha value is -2.33. The minimum atomic E-state index is 0.513. The minimum Gasteiger partial charge on any atom is -0.325 e. The van der Waals surface area contributed by atoms with Gasteiger partial charge in [0.2, 0.25) is 5.96 Å². The Bertz CT molecular complexity index is 549. The lowest BCUT2D eigenvalue weighted by Gasteiger charge is -2.10. The minimum absolute atomic E-state index is 0.513. The van der Waals surface area contributed by atoms with Crippen LogP contribution in [-0.4, -0.2) is 5.96 Å². The summed E-state index contributed by atoms with van der Waals surface area (Å²) in [5.74, 6) is 6.01. The summed E-state index contributed by atoms with van der Waals surface area (Å²) < 4.78 is 0. The number of hydrogen-bond donors (Lipinski definition) is 3. The number of rotatable bonds is 3. The molecule has 0 saturated heterocycles. The zero-order valence-corrected chi connectivity index (χ0v) is 10.9. The van der Waals surface area contributed by atoms with Crippen molar-refractivity contribution in [2.24, 2.45) is 10.8 Å². The fourth-order valence-electron chi connectivity index (χ4n) is 1.73. The van der Waals surface area contributed by atoms with Crippen LogP contribution in [0.3, 0.4) is 0 Å². The standard InChI is InChI=1S/C15H18N4/c1-2-12-7-6-10-14(11-12)18-15(19-16)17-13-8-4-3-5-9-13/h3-11H,2,16H2,1H3,(H2,17,18,19). The Morgan fingerprint density at radius 3 is 2.58 bits per heavy atom. The summed E-state index contributed by atoms with van der Waals surface area (Å²) in [4.78, 5) is 4.40. The lowest BCUT2D eigenvalue weighted by molar-refractivity contribution is 1.02. The Balaban J connectivity index is 2.17. The average Bonchev–Trinajstić information content (AvgIpc) is 2.48. The maximum atomic E-state index is 5.50. The number of aliphatic imine (C=N–C) groups is 1. The van der Waals surface area contributed by atoms with Crippen LogP contribution in [0.25, 0.3) is 0 Å². The predicted molar refractivity (Wildman–Crippen MR) is 80.3 cm³/mol. The van der Waals surface area contributed by atoms with Gasteiger partial charge in [0.15, 0.2) is 0 Å². The summed E-state index contributed by atoms with van der Waals surface area (Å²) in [6.45, 7) is 2.12. The second-order valence-corrected chi connectivity index (χ2v) is 4.12. The molecule has 0 spiro atoms. The molecular formula is C15H18N4. The monoisotopic (exact) mass is 254 g/mol. The number of para-hydroxylation sites is 1. The molecule has 0 aliphatic heterocycles. The SMILES string of the molecule is CCc1cccc(NC(=Nc2ccccc2)NN)c1. The van der Waals surface area contributed by atoms with Crippen molar-refractivity contribution in [3.05, 3.63) is 60.2 Å². The molecule has 0 aliphatic carbocycles. The fourth-order valence-corrected chi connectivity index (χ4v) is 1.73. The first-order chi connectivity index (χ1) is 9.31. The molecule has 0 aliphatic rings. The van der Waals surface area contributed by atoms with E-state index in [2.05, 4.69) is 34.8 Å². The molecular weight excluding hydrogens is 236 g/mol. The maximum absolute atomic E-state index is 5.50.